The van der Waals surface area contributed by atoms with Crippen LogP contribution in [0.2, 0.25) is 5.02 Å². The number of ether oxygens (including phenoxy) is 2. The summed E-state index contributed by atoms with van der Waals surface area (Å²) in [6, 6.07) is 27.8. The summed E-state index contributed by atoms with van der Waals surface area (Å²) in [5.41, 5.74) is 3.20. The molecular formula is C29H21ClN2O4S. The van der Waals surface area contributed by atoms with Gasteiger partial charge in [-0.1, -0.05) is 66.2 Å². The fraction of sp³-hybridized carbons (Fsp3) is 0.0690. The molecule has 0 unspecified atom stereocenters. The number of carbonyl (C=O) groups excluding carboxylic acids is 2. The first-order valence-corrected chi connectivity index (χ1v) is 12.7. The van der Waals surface area contributed by atoms with Gasteiger partial charge in [0.25, 0.3) is 5.91 Å². The van der Waals surface area contributed by atoms with E-state index in [-0.39, 0.29) is 5.91 Å². The largest absolute Gasteiger partial charge is 0.480 e. The van der Waals surface area contributed by atoms with Crippen LogP contribution in [0.3, 0.4) is 0 Å². The van der Waals surface area contributed by atoms with Crippen molar-refractivity contribution in [3.05, 3.63) is 106 Å². The van der Waals surface area contributed by atoms with Crippen LogP contribution in [0.1, 0.15) is 22.2 Å². The molecule has 6 nitrogen and oxygen atoms in total. The van der Waals surface area contributed by atoms with Gasteiger partial charge in [-0.05, 0) is 54.3 Å². The minimum atomic E-state index is -0.745. The predicted molar refractivity (Wildman–Crippen MR) is 148 cm³/mol. The summed E-state index contributed by atoms with van der Waals surface area (Å²) in [6.07, 6.45) is 0.752. The van der Waals surface area contributed by atoms with E-state index >= 15 is 0 Å². The van der Waals surface area contributed by atoms with Crippen molar-refractivity contribution < 1.29 is 19.1 Å². The fourth-order valence-corrected chi connectivity index (χ4v) is 5.11. The van der Waals surface area contributed by atoms with Crippen molar-refractivity contribution in [3.63, 3.8) is 0 Å². The smallest absolute Gasteiger partial charge is 0.355 e. The van der Waals surface area contributed by atoms with Crippen LogP contribution in [0, 0.1) is 0 Å². The Labute approximate surface area is 222 Å². The highest BCUT2D eigenvalue weighted by molar-refractivity contribution is 7.21. The van der Waals surface area contributed by atoms with Gasteiger partial charge in [0.1, 0.15) is 16.4 Å². The van der Waals surface area contributed by atoms with Gasteiger partial charge >= 0.3 is 5.97 Å². The summed E-state index contributed by atoms with van der Waals surface area (Å²) in [4.78, 5) is 25.4. The number of nitrogens with zero attached hydrogens (tertiary/aromatic N) is 1. The number of hydrogen-bond acceptors (Lipinski definition) is 6. The molecular weight excluding hydrogens is 508 g/mol. The van der Waals surface area contributed by atoms with Crippen molar-refractivity contribution in [2.75, 3.05) is 0 Å². The first-order chi connectivity index (χ1) is 18.0. The Balaban J connectivity index is 1.17. The molecule has 5 aromatic rings. The average molecular weight is 529 g/mol. The van der Waals surface area contributed by atoms with E-state index in [1.807, 2.05) is 66.7 Å². The average Bonchev–Trinajstić information content (AvgIpc) is 3.26. The molecule has 5 rings (SSSR count). The summed E-state index contributed by atoms with van der Waals surface area (Å²) in [6.45, 7) is 1.67. The lowest BCUT2D eigenvalue weighted by Gasteiger charge is -2.14. The molecule has 1 amide bonds. The van der Waals surface area contributed by atoms with Crippen molar-refractivity contribution in [1.29, 1.82) is 0 Å². The topological polar surface area (TPSA) is 77.0 Å². The van der Waals surface area contributed by atoms with Gasteiger partial charge in [-0.3, -0.25) is 4.79 Å². The molecule has 0 fully saturated rings. The van der Waals surface area contributed by atoms with Crippen LogP contribution >= 0.6 is 22.9 Å². The highest BCUT2D eigenvalue weighted by Gasteiger charge is 2.19. The van der Waals surface area contributed by atoms with E-state index < -0.39 is 12.1 Å². The quantitative estimate of drug-likeness (QED) is 0.108. The lowest BCUT2D eigenvalue weighted by atomic mass is 10.1. The molecule has 0 saturated heterocycles. The van der Waals surface area contributed by atoms with Gasteiger partial charge in [-0.15, -0.1) is 11.3 Å². The molecule has 1 aromatic heterocycles. The van der Waals surface area contributed by atoms with E-state index in [0.717, 1.165) is 20.9 Å². The van der Waals surface area contributed by atoms with Crippen LogP contribution in [0.5, 0.6) is 11.5 Å². The summed E-state index contributed by atoms with van der Waals surface area (Å²) in [5.74, 6) is 0.110. The van der Waals surface area contributed by atoms with Crippen molar-refractivity contribution in [1.82, 2.24) is 5.43 Å². The highest BCUT2D eigenvalue weighted by atomic mass is 35.5. The van der Waals surface area contributed by atoms with Crippen molar-refractivity contribution in [2.24, 2.45) is 5.10 Å². The summed E-state index contributed by atoms with van der Waals surface area (Å²) in [5, 5.41) is 7.20. The number of rotatable bonds is 7. The zero-order chi connectivity index (χ0) is 25.8. The number of fused-ring (bicyclic) bond motifs is 2. The van der Waals surface area contributed by atoms with Gasteiger partial charge in [-0.25, -0.2) is 10.2 Å². The number of amides is 1. The van der Waals surface area contributed by atoms with E-state index in [1.165, 1.54) is 17.6 Å². The molecule has 8 heteroatoms. The maximum Gasteiger partial charge on any atom is 0.355 e. The fourth-order valence-electron chi connectivity index (χ4n) is 3.72. The lowest BCUT2D eigenvalue weighted by molar-refractivity contribution is -0.127. The molecule has 0 aliphatic rings. The van der Waals surface area contributed by atoms with Crippen molar-refractivity contribution in [2.45, 2.75) is 13.0 Å². The van der Waals surface area contributed by atoms with Gasteiger partial charge in [0.15, 0.2) is 6.10 Å². The molecule has 1 atom stereocenters. The van der Waals surface area contributed by atoms with Crippen LogP contribution in [-0.4, -0.2) is 24.2 Å². The van der Waals surface area contributed by atoms with Crippen LogP contribution in [-0.2, 0) is 4.79 Å². The molecule has 0 radical (unpaired) electrons. The third kappa shape index (κ3) is 5.48. The number of halogens is 1. The second kappa shape index (κ2) is 10.8. The Morgan fingerprint density at radius 2 is 1.62 bits per heavy atom. The number of thiophene rings is 1. The predicted octanol–water partition coefficient (Wildman–Crippen LogP) is 6.84. The molecule has 0 spiro atoms. The number of hydrazone groups is 1. The maximum atomic E-state index is 12.6. The summed E-state index contributed by atoms with van der Waals surface area (Å²) >= 11 is 7.66. The van der Waals surface area contributed by atoms with Crippen molar-refractivity contribution in [3.8, 4) is 11.5 Å². The second-order valence-electron chi connectivity index (χ2n) is 8.17. The van der Waals surface area contributed by atoms with Crippen LogP contribution in [0.4, 0.5) is 0 Å². The molecule has 0 aliphatic heterocycles. The highest BCUT2D eigenvalue weighted by Crippen LogP contribution is 2.35. The number of carbonyl (C=O) groups is 2. The Morgan fingerprint density at radius 3 is 2.41 bits per heavy atom. The Morgan fingerprint density at radius 1 is 0.919 bits per heavy atom. The molecule has 0 bridgehead atoms. The molecule has 0 saturated carbocycles. The van der Waals surface area contributed by atoms with Crippen molar-refractivity contribution >= 4 is 61.9 Å². The Bertz CT molecular complexity index is 1620. The molecule has 0 aliphatic carbocycles. The summed E-state index contributed by atoms with van der Waals surface area (Å²) in [7, 11) is 0. The van der Waals surface area contributed by atoms with Gasteiger partial charge in [0.2, 0.25) is 0 Å². The number of nitrogens with one attached hydrogen (secondary N) is 1. The van der Waals surface area contributed by atoms with E-state index in [9.17, 15) is 9.59 Å². The van der Waals surface area contributed by atoms with E-state index in [1.54, 1.807) is 31.2 Å². The first-order valence-electron chi connectivity index (χ1n) is 11.5. The molecule has 1 heterocycles. The lowest BCUT2D eigenvalue weighted by Crippen LogP contribution is -2.33. The monoisotopic (exact) mass is 528 g/mol. The van der Waals surface area contributed by atoms with Crippen LogP contribution < -0.4 is 14.9 Å². The molecule has 4 aromatic carbocycles. The molecule has 37 heavy (non-hydrogen) atoms. The van der Waals surface area contributed by atoms with Gasteiger partial charge in [-0.2, -0.15) is 5.10 Å². The van der Waals surface area contributed by atoms with E-state index in [0.29, 0.717) is 27.0 Å². The van der Waals surface area contributed by atoms with E-state index in [4.69, 9.17) is 21.1 Å². The minimum Gasteiger partial charge on any atom is -0.480 e. The molecule has 1 N–H and O–H groups in total. The molecule has 184 valence electrons. The SMILES string of the molecule is C[C@H](Oc1cccc2ccccc12)C(=O)N/N=C\c1ccc(OC(=O)c2sc3ccccc3c2Cl)cc1. The zero-order valence-electron chi connectivity index (χ0n) is 19.7. The first kappa shape index (κ1) is 24.5. The normalized spacial score (nSPS) is 12.1. The third-order valence-electron chi connectivity index (χ3n) is 5.62. The number of esters is 1. The number of benzene rings is 4. The second-order valence-corrected chi connectivity index (χ2v) is 9.60. The Hall–Kier alpha value is -4.20. The third-order valence-corrected chi connectivity index (χ3v) is 7.28. The number of hydrogen-bond donors (Lipinski definition) is 1. The van der Waals surface area contributed by atoms with Gasteiger partial charge in [0, 0.05) is 15.5 Å². The minimum absolute atomic E-state index is 0.357. The summed E-state index contributed by atoms with van der Waals surface area (Å²) < 4.78 is 12.3. The van der Waals surface area contributed by atoms with Crippen LogP contribution in [0.25, 0.3) is 20.9 Å². The van der Waals surface area contributed by atoms with Crippen LogP contribution in [0.15, 0.2) is 96.1 Å². The zero-order valence-corrected chi connectivity index (χ0v) is 21.3. The Kier molecular flexibility index (Phi) is 7.16. The maximum absolute atomic E-state index is 12.6. The van der Waals surface area contributed by atoms with Gasteiger partial charge in [0.05, 0.1) is 11.2 Å². The van der Waals surface area contributed by atoms with E-state index in [2.05, 4.69) is 10.5 Å². The van der Waals surface area contributed by atoms with Gasteiger partial charge < -0.3 is 9.47 Å². The standard InChI is InChI=1S/C29H21ClN2O4S/c1-18(35-24-11-6-8-20-7-2-3-9-22(20)24)28(33)32-31-17-19-13-15-21(16-14-19)36-29(34)27-26(30)23-10-4-5-12-25(23)37-27/h2-18H,1H3,(H,32,33)/b31-17-/t18-/m0/s1.